The van der Waals surface area contributed by atoms with Gasteiger partial charge in [-0.15, -0.1) is 0 Å². The Kier molecular flexibility index (Phi) is 5.59. The average molecular weight is 310 g/mol. The van der Waals surface area contributed by atoms with E-state index in [1.807, 2.05) is 24.9 Å². The number of hydrogen-bond donors (Lipinski definition) is 0. The van der Waals surface area contributed by atoms with E-state index in [0.717, 1.165) is 44.6 Å². The van der Waals surface area contributed by atoms with Gasteiger partial charge < -0.3 is 9.80 Å². The van der Waals surface area contributed by atoms with E-state index in [2.05, 4.69) is 16.8 Å². The number of carbonyl (C=O) groups is 1. The van der Waals surface area contributed by atoms with E-state index < -0.39 is 0 Å². The van der Waals surface area contributed by atoms with E-state index in [0.29, 0.717) is 16.8 Å². The molecular weight excluding hydrogens is 286 g/mol. The Hall–Kier alpha value is -1.13. The van der Waals surface area contributed by atoms with Crippen LogP contribution in [-0.2, 0) is 6.42 Å². The Morgan fingerprint density at radius 2 is 2.05 bits per heavy atom. The molecule has 116 valence electrons. The number of aryl methyl sites for hydroxylation is 1. The van der Waals surface area contributed by atoms with Crippen LogP contribution < -0.4 is 0 Å². The highest BCUT2D eigenvalue weighted by molar-refractivity contribution is 6.29. The van der Waals surface area contributed by atoms with Crippen LogP contribution in [0.5, 0.6) is 0 Å². The van der Waals surface area contributed by atoms with Crippen LogP contribution in [0.4, 0.5) is 0 Å². The van der Waals surface area contributed by atoms with Crippen molar-refractivity contribution in [2.24, 2.45) is 0 Å². The van der Waals surface area contributed by atoms with Crippen LogP contribution in [-0.4, -0.2) is 53.4 Å². The summed E-state index contributed by atoms with van der Waals surface area (Å²) in [6, 6.07) is 3.84. The third kappa shape index (κ3) is 3.95. The van der Waals surface area contributed by atoms with Crippen LogP contribution in [0.25, 0.3) is 0 Å². The maximum absolute atomic E-state index is 12.6. The Bertz CT molecular complexity index is 498. The summed E-state index contributed by atoms with van der Waals surface area (Å²) < 4.78 is 0. The number of hydrogen-bond acceptors (Lipinski definition) is 3. The lowest BCUT2D eigenvalue weighted by atomic mass is 10.0. The van der Waals surface area contributed by atoms with Gasteiger partial charge in [0, 0.05) is 37.4 Å². The minimum atomic E-state index is 0.0453. The van der Waals surface area contributed by atoms with Crippen molar-refractivity contribution >= 4 is 17.5 Å². The molecule has 0 aromatic carbocycles. The third-order valence-electron chi connectivity index (χ3n) is 4.33. The number of piperidine rings is 1. The van der Waals surface area contributed by atoms with E-state index in [4.69, 9.17) is 11.6 Å². The van der Waals surface area contributed by atoms with Crippen molar-refractivity contribution in [3.63, 3.8) is 0 Å². The van der Waals surface area contributed by atoms with Gasteiger partial charge in [-0.05, 0) is 37.9 Å². The van der Waals surface area contributed by atoms with Crippen molar-refractivity contribution in [1.82, 2.24) is 14.8 Å². The maximum Gasteiger partial charge on any atom is 0.254 e. The molecule has 1 amide bonds. The molecule has 0 bridgehead atoms. The van der Waals surface area contributed by atoms with E-state index in [1.165, 1.54) is 0 Å². The summed E-state index contributed by atoms with van der Waals surface area (Å²) >= 11 is 6.01. The summed E-state index contributed by atoms with van der Waals surface area (Å²) in [4.78, 5) is 21.2. The van der Waals surface area contributed by atoms with Crippen LogP contribution >= 0.6 is 11.6 Å². The molecule has 2 rings (SSSR count). The lowest BCUT2D eigenvalue weighted by Crippen LogP contribution is -2.45. The second kappa shape index (κ2) is 7.23. The molecule has 0 unspecified atom stereocenters. The molecule has 0 spiro atoms. The van der Waals surface area contributed by atoms with Crippen LogP contribution in [0.2, 0.25) is 5.15 Å². The van der Waals surface area contributed by atoms with E-state index in [-0.39, 0.29) is 5.91 Å². The molecule has 0 aliphatic carbocycles. The van der Waals surface area contributed by atoms with Gasteiger partial charge in [0.2, 0.25) is 0 Å². The predicted octanol–water partition coefficient (Wildman–Crippen LogP) is 2.85. The Morgan fingerprint density at radius 1 is 1.38 bits per heavy atom. The molecule has 0 atom stereocenters. The number of aromatic nitrogens is 1. The predicted molar refractivity (Wildman–Crippen MR) is 85.9 cm³/mol. The molecule has 1 aliphatic rings. The van der Waals surface area contributed by atoms with Crippen molar-refractivity contribution in [1.29, 1.82) is 0 Å². The number of halogens is 1. The number of nitrogens with zero attached hydrogens (tertiary/aromatic N) is 3. The number of amides is 1. The Morgan fingerprint density at radius 3 is 2.62 bits per heavy atom. The van der Waals surface area contributed by atoms with Gasteiger partial charge in [0.25, 0.3) is 5.91 Å². The van der Waals surface area contributed by atoms with Gasteiger partial charge in [-0.1, -0.05) is 25.4 Å². The summed E-state index contributed by atoms with van der Waals surface area (Å²) in [5.41, 5.74) is 1.51. The summed E-state index contributed by atoms with van der Waals surface area (Å²) in [7, 11) is 1.90. The zero-order valence-corrected chi connectivity index (χ0v) is 13.9. The summed E-state index contributed by atoms with van der Waals surface area (Å²) in [6.07, 6.45) is 2.85. The van der Waals surface area contributed by atoms with Crippen molar-refractivity contribution in [2.75, 3.05) is 26.7 Å². The molecule has 1 aromatic rings. The largest absolute Gasteiger partial charge is 0.339 e. The molecule has 0 saturated carbocycles. The third-order valence-corrected chi connectivity index (χ3v) is 4.52. The molecule has 1 fully saturated rings. The second-order valence-corrected chi connectivity index (χ2v) is 5.99. The van der Waals surface area contributed by atoms with Crippen molar-refractivity contribution < 1.29 is 4.79 Å². The fraction of sp³-hybridized carbons (Fsp3) is 0.625. The SMILES string of the molecule is CCc1cc(C(=O)N(C)C2CCN(CC)CC2)cc(Cl)n1. The molecule has 1 aliphatic heterocycles. The highest BCUT2D eigenvalue weighted by Crippen LogP contribution is 2.19. The number of likely N-dealkylation sites (tertiary alicyclic amines) is 1. The second-order valence-electron chi connectivity index (χ2n) is 5.60. The number of pyridine rings is 1. The van der Waals surface area contributed by atoms with E-state index >= 15 is 0 Å². The fourth-order valence-electron chi connectivity index (χ4n) is 2.85. The molecule has 0 radical (unpaired) electrons. The van der Waals surface area contributed by atoms with Gasteiger partial charge in [-0.3, -0.25) is 4.79 Å². The summed E-state index contributed by atoms with van der Waals surface area (Å²) in [5, 5.41) is 0.395. The number of carbonyl (C=O) groups excluding carboxylic acids is 1. The van der Waals surface area contributed by atoms with Crippen molar-refractivity contribution in [3.8, 4) is 0 Å². The lowest BCUT2D eigenvalue weighted by molar-refractivity contribution is 0.0646. The first-order valence-corrected chi connectivity index (χ1v) is 8.08. The van der Waals surface area contributed by atoms with Gasteiger partial charge >= 0.3 is 0 Å². The monoisotopic (exact) mass is 309 g/mol. The average Bonchev–Trinajstić information content (AvgIpc) is 2.52. The van der Waals surface area contributed by atoms with Crippen LogP contribution in [0.15, 0.2) is 12.1 Å². The van der Waals surface area contributed by atoms with Crippen molar-refractivity contribution in [3.05, 3.63) is 28.5 Å². The zero-order valence-electron chi connectivity index (χ0n) is 13.1. The van der Waals surface area contributed by atoms with Gasteiger partial charge in [0.15, 0.2) is 0 Å². The number of rotatable bonds is 4. The topological polar surface area (TPSA) is 36.4 Å². The molecule has 4 nitrogen and oxygen atoms in total. The molecule has 2 heterocycles. The van der Waals surface area contributed by atoms with E-state index in [9.17, 15) is 4.79 Å². The molecule has 5 heteroatoms. The van der Waals surface area contributed by atoms with Crippen LogP contribution in [0, 0.1) is 0 Å². The quantitative estimate of drug-likeness (QED) is 0.803. The minimum absolute atomic E-state index is 0.0453. The van der Waals surface area contributed by atoms with Gasteiger partial charge in [0.1, 0.15) is 5.15 Å². The van der Waals surface area contributed by atoms with Crippen molar-refractivity contribution in [2.45, 2.75) is 39.2 Å². The highest BCUT2D eigenvalue weighted by atomic mass is 35.5. The Balaban J connectivity index is 2.07. The van der Waals surface area contributed by atoms with Gasteiger partial charge in [0.05, 0.1) is 0 Å². The molecule has 0 N–H and O–H groups in total. The smallest absolute Gasteiger partial charge is 0.254 e. The lowest BCUT2D eigenvalue weighted by Gasteiger charge is -2.36. The first-order valence-electron chi connectivity index (χ1n) is 7.71. The summed E-state index contributed by atoms with van der Waals surface area (Å²) in [5.74, 6) is 0.0453. The Labute approximate surface area is 132 Å². The van der Waals surface area contributed by atoms with Gasteiger partial charge in [-0.25, -0.2) is 4.98 Å². The fourth-order valence-corrected chi connectivity index (χ4v) is 3.07. The van der Waals surface area contributed by atoms with Gasteiger partial charge in [-0.2, -0.15) is 0 Å². The van der Waals surface area contributed by atoms with E-state index in [1.54, 1.807) is 6.07 Å². The minimum Gasteiger partial charge on any atom is -0.339 e. The first-order chi connectivity index (χ1) is 10.0. The normalized spacial score (nSPS) is 17.0. The van der Waals surface area contributed by atoms with Crippen LogP contribution in [0.3, 0.4) is 0 Å². The van der Waals surface area contributed by atoms with Crippen LogP contribution in [0.1, 0.15) is 42.7 Å². The first kappa shape index (κ1) is 16.2. The standard InChI is InChI=1S/C16H24ClN3O/c1-4-13-10-12(11-15(17)18-13)16(21)19(3)14-6-8-20(5-2)9-7-14/h10-11,14H,4-9H2,1-3H3. The molecule has 21 heavy (non-hydrogen) atoms. The maximum atomic E-state index is 12.6. The molecule has 1 aromatic heterocycles. The zero-order chi connectivity index (χ0) is 15.4. The highest BCUT2D eigenvalue weighted by Gasteiger charge is 2.25. The summed E-state index contributed by atoms with van der Waals surface area (Å²) in [6.45, 7) is 7.41. The molecular formula is C16H24ClN3O. The molecule has 1 saturated heterocycles.